The first kappa shape index (κ1) is 13.7. The van der Waals surface area contributed by atoms with Gasteiger partial charge in [0.05, 0.1) is 12.6 Å². The van der Waals surface area contributed by atoms with Crippen LogP contribution in [0.3, 0.4) is 0 Å². The topological polar surface area (TPSA) is 99.7 Å². The second-order valence-electron chi connectivity index (χ2n) is 5.04. The molecule has 2 unspecified atom stereocenters. The third kappa shape index (κ3) is 2.93. The molecule has 1 aromatic heterocycles. The highest BCUT2D eigenvalue weighted by Crippen LogP contribution is 2.22. The van der Waals surface area contributed by atoms with Crippen molar-refractivity contribution in [3.63, 3.8) is 0 Å². The summed E-state index contributed by atoms with van der Waals surface area (Å²) in [6.45, 7) is 0.508. The third-order valence-electron chi connectivity index (χ3n) is 3.49. The van der Waals surface area contributed by atoms with Gasteiger partial charge >= 0.3 is 5.97 Å². The smallest absolute Gasteiger partial charge is 0.321 e. The number of nitrogens with zero attached hydrogens (tertiary/aromatic N) is 3. The van der Waals surface area contributed by atoms with Gasteiger partial charge in [0, 0.05) is 18.5 Å². The van der Waals surface area contributed by atoms with E-state index in [0.717, 1.165) is 5.56 Å². The van der Waals surface area contributed by atoms with Gasteiger partial charge in [-0.05, 0) is 12.1 Å². The molecule has 2 atom stereocenters. The molecule has 21 heavy (non-hydrogen) atoms. The van der Waals surface area contributed by atoms with Gasteiger partial charge in [-0.25, -0.2) is 0 Å². The molecule has 0 aliphatic carbocycles. The number of hydrogen-bond donors (Lipinski definition) is 2. The van der Waals surface area contributed by atoms with E-state index in [1.54, 1.807) is 4.90 Å². The van der Waals surface area contributed by atoms with Crippen LogP contribution in [0.1, 0.15) is 12.3 Å². The summed E-state index contributed by atoms with van der Waals surface area (Å²) >= 11 is 0. The van der Waals surface area contributed by atoms with Crippen LogP contribution in [-0.2, 0) is 11.3 Å². The summed E-state index contributed by atoms with van der Waals surface area (Å²) in [5.41, 5.74) is 0.812. The molecule has 0 spiro atoms. The Morgan fingerprint density at radius 2 is 2.10 bits per heavy atom. The van der Waals surface area contributed by atoms with Crippen LogP contribution in [0.5, 0.6) is 0 Å². The zero-order valence-electron chi connectivity index (χ0n) is 11.2. The Hall–Kier alpha value is -2.25. The molecule has 0 saturated carbocycles. The van der Waals surface area contributed by atoms with E-state index in [4.69, 9.17) is 9.52 Å². The summed E-state index contributed by atoms with van der Waals surface area (Å²) in [6.07, 6.45) is -0.419. The lowest BCUT2D eigenvalue weighted by molar-refractivity contribution is -0.142. The van der Waals surface area contributed by atoms with Gasteiger partial charge in [-0.2, -0.15) is 0 Å². The van der Waals surface area contributed by atoms with Gasteiger partial charge in [0.2, 0.25) is 11.8 Å². The minimum atomic E-state index is -0.950. The number of β-amino-alcohol motifs (C(OH)–C–C–N with tert-alkyl or cyclic N) is 1. The quantitative estimate of drug-likeness (QED) is 0.857. The van der Waals surface area contributed by atoms with E-state index in [1.165, 1.54) is 0 Å². The maximum absolute atomic E-state index is 11.2. The van der Waals surface area contributed by atoms with Crippen molar-refractivity contribution < 1.29 is 19.4 Å². The van der Waals surface area contributed by atoms with Crippen molar-refractivity contribution in [1.82, 2.24) is 15.1 Å². The van der Waals surface area contributed by atoms with Crippen molar-refractivity contribution in [2.45, 2.75) is 25.1 Å². The van der Waals surface area contributed by atoms with E-state index in [9.17, 15) is 9.90 Å². The van der Waals surface area contributed by atoms with Crippen LogP contribution in [-0.4, -0.2) is 50.0 Å². The second-order valence-corrected chi connectivity index (χ2v) is 5.04. The number of carbonyl (C=O) groups is 1. The molecule has 1 aromatic carbocycles. The Morgan fingerprint density at radius 3 is 2.81 bits per heavy atom. The summed E-state index contributed by atoms with van der Waals surface area (Å²) in [6, 6.07) is 8.64. The molecule has 1 saturated heterocycles. The largest absolute Gasteiger partial charge is 0.480 e. The molecule has 110 valence electrons. The minimum Gasteiger partial charge on any atom is -0.480 e. The molecule has 7 nitrogen and oxygen atoms in total. The number of rotatable bonds is 4. The molecule has 3 rings (SSSR count). The Kier molecular flexibility index (Phi) is 3.68. The molecule has 0 radical (unpaired) electrons. The van der Waals surface area contributed by atoms with E-state index in [2.05, 4.69) is 10.2 Å². The predicted octanol–water partition coefficient (Wildman–Crippen LogP) is 0.756. The van der Waals surface area contributed by atoms with Gasteiger partial charge in [0.15, 0.2) is 0 Å². The fourth-order valence-electron chi connectivity index (χ4n) is 2.50. The number of aliphatic hydroxyl groups is 1. The summed E-state index contributed by atoms with van der Waals surface area (Å²) in [5, 5.41) is 26.7. The van der Waals surface area contributed by atoms with Crippen LogP contribution in [0.15, 0.2) is 34.7 Å². The molecule has 7 heteroatoms. The fraction of sp³-hybridized carbons (Fsp3) is 0.357. The van der Waals surface area contributed by atoms with Gasteiger partial charge < -0.3 is 14.6 Å². The molecular weight excluding hydrogens is 274 g/mol. The number of carboxylic acids is 1. The average Bonchev–Trinajstić information content (AvgIpc) is 3.07. The lowest BCUT2D eigenvalue weighted by atomic mass is 10.2. The maximum Gasteiger partial charge on any atom is 0.321 e. The number of benzene rings is 1. The highest BCUT2D eigenvalue weighted by molar-refractivity contribution is 5.74. The number of aliphatic carboxylic acids is 1. The van der Waals surface area contributed by atoms with E-state index in [-0.39, 0.29) is 13.0 Å². The Bertz CT molecular complexity index is 628. The Morgan fingerprint density at radius 1 is 1.33 bits per heavy atom. The highest BCUT2D eigenvalue weighted by atomic mass is 16.4. The number of aromatic nitrogens is 2. The summed E-state index contributed by atoms with van der Waals surface area (Å²) in [5.74, 6) is -0.208. The van der Waals surface area contributed by atoms with E-state index in [1.807, 2.05) is 30.3 Å². The predicted molar refractivity (Wildman–Crippen MR) is 72.2 cm³/mol. The van der Waals surface area contributed by atoms with Crippen molar-refractivity contribution in [3.8, 4) is 11.5 Å². The lowest BCUT2D eigenvalue weighted by Crippen LogP contribution is -2.35. The fourth-order valence-corrected chi connectivity index (χ4v) is 2.50. The number of hydrogen-bond acceptors (Lipinski definition) is 6. The molecular formula is C14H15N3O4. The van der Waals surface area contributed by atoms with Crippen molar-refractivity contribution in [1.29, 1.82) is 0 Å². The number of carboxylic acid groups (broad SMARTS) is 1. The summed E-state index contributed by atoms with van der Waals surface area (Å²) < 4.78 is 5.56. The standard InChI is InChI=1S/C14H15N3O4/c18-10-6-11(14(19)20)17(7-10)8-12-15-16-13(21-12)9-4-2-1-3-5-9/h1-5,10-11,18H,6-8H2,(H,19,20). The molecule has 0 bridgehead atoms. The van der Waals surface area contributed by atoms with Crippen LogP contribution in [0.2, 0.25) is 0 Å². The van der Waals surface area contributed by atoms with E-state index in [0.29, 0.717) is 18.3 Å². The van der Waals surface area contributed by atoms with Crippen molar-refractivity contribution >= 4 is 5.97 Å². The normalized spacial score (nSPS) is 22.5. The second kappa shape index (κ2) is 5.63. The molecule has 1 aliphatic rings. The van der Waals surface area contributed by atoms with Crippen LogP contribution in [0.25, 0.3) is 11.5 Å². The van der Waals surface area contributed by atoms with Gasteiger partial charge in [0.1, 0.15) is 6.04 Å². The minimum absolute atomic E-state index is 0.216. The highest BCUT2D eigenvalue weighted by Gasteiger charge is 2.36. The van der Waals surface area contributed by atoms with Crippen LogP contribution >= 0.6 is 0 Å². The summed E-state index contributed by atoms with van der Waals surface area (Å²) in [4.78, 5) is 12.8. The van der Waals surface area contributed by atoms with Crippen molar-refractivity contribution in [2.24, 2.45) is 0 Å². The van der Waals surface area contributed by atoms with Gasteiger partial charge in [-0.1, -0.05) is 18.2 Å². The number of aliphatic hydroxyl groups excluding tert-OH is 1. The van der Waals surface area contributed by atoms with Gasteiger partial charge in [-0.3, -0.25) is 9.69 Å². The first-order valence-corrected chi connectivity index (χ1v) is 6.66. The maximum atomic E-state index is 11.2. The molecule has 0 amide bonds. The molecule has 2 aromatic rings. The van der Waals surface area contributed by atoms with Gasteiger partial charge in [-0.15, -0.1) is 10.2 Å². The Balaban J connectivity index is 1.74. The summed E-state index contributed by atoms with van der Waals surface area (Å²) in [7, 11) is 0. The van der Waals surface area contributed by atoms with Crippen LogP contribution in [0, 0.1) is 0 Å². The van der Waals surface area contributed by atoms with Crippen LogP contribution in [0.4, 0.5) is 0 Å². The molecule has 1 aliphatic heterocycles. The monoisotopic (exact) mass is 289 g/mol. The zero-order chi connectivity index (χ0) is 14.8. The first-order valence-electron chi connectivity index (χ1n) is 6.66. The number of likely N-dealkylation sites (tertiary alicyclic amines) is 1. The Labute approximate surface area is 120 Å². The van der Waals surface area contributed by atoms with E-state index >= 15 is 0 Å². The van der Waals surface area contributed by atoms with Crippen LogP contribution < -0.4 is 0 Å². The zero-order valence-corrected chi connectivity index (χ0v) is 11.2. The lowest BCUT2D eigenvalue weighted by Gasteiger charge is -2.18. The van der Waals surface area contributed by atoms with Crippen molar-refractivity contribution in [3.05, 3.63) is 36.2 Å². The van der Waals surface area contributed by atoms with Crippen molar-refractivity contribution in [2.75, 3.05) is 6.54 Å². The third-order valence-corrected chi connectivity index (χ3v) is 3.49. The first-order chi connectivity index (χ1) is 10.1. The van der Waals surface area contributed by atoms with E-state index < -0.39 is 18.1 Å². The SMILES string of the molecule is O=C(O)C1CC(O)CN1Cc1nnc(-c2ccccc2)o1. The van der Waals surface area contributed by atoms with Gasteiger partial charge in [0.25, 0.3) is 0 Å². The average molecular weight is 289 g/mol. The molecule has 2 N–H and O–H groups in total. The molecule has 1 fully saturated rings. The molecule has 2 heterocycles.